The first kappa shape index (κ1) is 19.9. The zero-order valence-electron chi connectivity index (χ0n) is 17.1. The third-order valence-corrected chi connectivity index (χ3v) is 8.09. The predicted octanol–water partition coefficient (Wildman–Crippen LogP) is 2.87. The molecule has 30 heavy (non-hydrogen) atoms. The number of nitrogens with zero attached hydrogens (tertiary/aromatic N) is 3. The molecule has 4 heterocycles. The average Bonchev–Trinajstić information content (AvgIpc) is 3.21. The third-order valence-electron chi connectivity index (χ3n) is 6.87. The van der Waals surface area contributed by atoms with Gasteiger partial charge >= 0.3 is 0 Å². The van der Waals surface area contributed by atoms with Crippen molar-refractivity contribution < 1.29 is 14.6 Å². The van der Waals surface area contributed by atoms with Gasteiger partial charge in [-0.05, 0) is 37.3 Å². The summed E-state index contributed by atoms with van der Waals surface area (Å²) in [6.45, 7) is 1.93. The molecule has 7 nitrogen and oxygen atoms in total. The lowest BCUT2D eigenvalue weighted by Gasteiger charge is -2.46. The highest BCUT2D eigenvalue weighted by Crippen LogP contribution is 2.46. The van der Waals surface area contributed by atoms with E-state index in [1.807, 2.05) is 4.90 Å². The molecule has 160 valence electrons. The molecule has 8 heteroatoms. The number of thiophene rings is 1. The molecule has 0 aromatic carbocycles. The highest BCUT2D eigenvalue weighted by molar-refractivity contribution is 7.15. The molecule has 2 fully saturated rings. The molecule has 1 aliphatic carbocycles. The third kappa shape index (κ3) is 3.40. The summed E-state index contributed by atoms with van der Waals surface area (Å²) in [5.41, 5.74) is 6.22. The van der Waals surface area contributed by atoms with Crippen molar-refractivity contribution in [2.45, 2.75) is 62.6 Å². The first-order valence-corrected chi connectivity index (χ1v) is 11.7. The topological polar surface area (TPSA) is 102 Å². The Morgan fingerprint density at radius 2 is 1.90 bits per heavy atom. The summed E-state index contributed by atoms with van der Waals surface area (Å²) in [6, 6.07) is 2.19. The number of nitrogen functional groups attached to an aromatic ring is 1. The Bertz CT molecular complexity index is 928. The highest BCUT2D eigenvalue weighted by atomic mass is 32.1. The molecule has 2 aromatic heterocycles. The minimum atomic E-state index is -1.16. The van der Waals surface area contributed by atoms with Gasteiger partial charge in [-0.1, -0.05) is 19.3 Å². The number of piperidine rings is 1. The van der Waals surface area contributed by atoms with Gasteiger partial charge in [-0.15, -0.1) is 11.3 Å². The Balaban J connectivity index is 1.35. The molecule has 1 spiro atoms. The van der Waals surface area contributed by atoms with Crippen LogP contribution in [0.4, 0.5) is 5.82 Å². The van der Waals surface area contributed by atoms with Crippen molar-refractivity contribution in [3.05, 3.63) is 28.9 Å². The number of aromatic nitrogens is 2. The number of fused-ring (bicyclic) bond motifs is 2. The standard InChI is InChI=1S/C22H28N4O3S/c23-19-14-24-16(13-25-19)18-12-15-17(30-18)4-11-29-22(15)7-9-26(10-8-22)20(27)21(28)5-2-1-3-6-21/h12-14,28H,1-11H2,(H2,23,25). The summed E-state index contributed by atoms with van der Waals surface area (Å²) in [6.07, 6.45) is 9.84. The Morgan fingerprint density at radius 1 is 1.13 bits per heavy atom. The summed E-state index contributed by atoms with van der Waals surface area (Å²) >= 11 is 1.75. The van der Waals surface area contributed by atoms with E-state index < -0.39 is 5.60 Å². The van der Waals surface area contributed by atoms with Crippen LogP contribution in [0, 0.1) is 0 Å². The van der Waals surface area contributed by atoms with E-state index in [2.05, 4.69) is 16.0 Å². The maximum atomic E-state index is 13.0. The van der Waals surface area contributed by atoms with Crippen LogP contribution in [0.3, 0.4) is 0 Å². The molecule has 1 saturated carbocycles. The molecule has 5 rings (SSSR count). The van der Waals surface area contributed by atoms with Gasteiger partial charge in [-0.3, -0.25) is 4.79 Å². The molecule has 3 N–H and O–H groups in total. The SMILES string of the molecule is Nc1cnc(-c2cc3c(s2)CCOC32CCN(C(=O)C3(O)CCCCC3)CC2)cn1. The molecular weight excluding hydrogens is 400 g/mol. The number of hydrogen-bond donors (Lipinski definition) is 2. The van der Waals surface area contributed by atoms with Crippen LogP contribution in [0.5, 0.6) is 0 Å². The van der Waals surface area contributed by atoms with Gasteiger partial charge in [0.15, 0.2) is 0 Å². The first-order chi connectivity index (χ1) is 14.5. The fourth-order valence-electron chi connectivity index (χ4n) is 5.14. The van der Waals surface area contributed by atoms with E-state index >= 15 is 0 Å². The maximum absolute atomic E-state index is 13.0. The van der Waals surface area contributed by atoms with Gasteiger partial charge in [-0.2, -0.15) is 0 Å². The fourth-order valence-corrected chi connectivity index (χ4v) is 6.33. The lowest BCUT2D eigenvalue weighted by atomic mass is 9.80. The second-order valence-corrected chi connectivity index (χ2v) is 9.89. The van der Waals surface area contributed by atoms with Gasteiger partial charge in [0.1, 0.15) is 11.4 Å². The zero-order chi connectivity index (χ0) is 20.8. The Morgan fingerprint density at radius 3 is 2.60 bits per heavy atom. The molecule has 3 aliphatic rings. The van der Waals surface area contributed by atoms with Crippen LogP contribution in [0.15, 0.2) is 18.5 Å². The Hall–Kier alpha value is -2.03. The van der Waals surface area contributed by atoms with Gasteiger partial charge in [0, 0.05) is 24.4 Å². The van der Waals surface area contributed by atoms with Crippen molar-refractivity contribution in [1.82, 2.24) is 14.9 Å². The number of rotatable bonds is 2. The number of carbonyl (C=O) groups is 1. The molecule has 1 amide bonds. The minimum Gasteiger partial charge on any atom is -0.382 e. The molecule has 2 aromatic rings. The van der Waals surface area contributed by atoms with E-state index in [9.17, 15) is 9.90 Å². The first-order valence-electron chi connectivity index (χ1n) is 10.9. The zero-order valence-corrected chi connectivity index (χ0v) is 17.9. The van der Waals surface area contributed by atoms with Gasteiger partial charge in [-0.25, -0.2) is 9.97 Å². The number of likely N-dealkylation sites (tertiary alicyclic amines) is 1. The number of aliphatic hydroxyl groups is 1. The van der Waals surface area contributed by atoms with Crippen LogP contribution in [0.1, 0.15) is 55.4 Å². The number of hydrogen-bond acceptors (Lipinski definition) is 7. The molecular formula is C22H28N4O3S. The molecule has 0 atom stereocenters. The van der Waals surface area contributed by atoms with Crippen LogP contribution in [-0.4, -0.2) is 51.2 Å². The second kappa shape index (κ2) is 7.59. The normalized spacial score (nSPS) is 22.6. The summed E-state index contributed by atoms with van der Waals surface area (Å²) in [4.78, 5) is 25.9. The Kier molecular flexibility index (Phi) is 5.03. The van der Waals surface area contributed by atoms with E-state index in [1.54, 1.807) is 23.7 Å². The van der Waals surface area contributed by atoms with Gasteiger partial charge in [0.25, 0.3) is 5.91 Å². The largest absolute Gasteiger partial charge is 0.382 e. The van der Waals surface area contributed by atoms with Crippen molar-refractivity contribution in [1.29, 1.82) is 0 Å². The van der Waals surface area contributed by atoms with Crippen molar-refractivity contribution in [2.75, 3.05) is 25.4 Å². The highest BCUT2D eigenvalue weighted by Gasteiger charge is 2.46. The van der Waals surface area contributed by atoms with Gasteiger partial charge < -0.3 is 20.5 Å². The molecule has 0 radical (unpaired) electrons. The van der Waals surface area contributed by atoms with Crippen LogP contribution in [-0.2, 0) is 21.6 Å². The summed E-state index contributed by atoms with van der Waals surface area (Å²) in [5, 5.41) is 10.9. The summed E-state index contributed by atoms with van der Waals surface area (Å²) < 4.78 is 6.35. The number of ether oxygens (including phenoxy) is 1. The van der Waals surface area contributed by atoms with E-state index in [0.29, 0.717) is 38.4 Å². The van der Waals surface area contributed by atoms with Crippen molar-refractivity contribution in [3.8, 4) is 10.6 Å². The lowest BCUT2D eigenvalue weighted by molar-refractivity contribution is -0.162. The Labute approximate surface area is 180 Å². The molecule has 0 bridgehead atoms. The number of carbonyl (C=O) groups excluding carboxylic acids is 1. The number of anilines is 1. The predicted molar refractivity (Wildman–Crippen MR) is 115 cm³/mol. The average molecular weight is 429 g/mol. The molecule has 2 aliphatic heterocycles. The summed E-state index contributed by atoms with van der Waals surface area (Å²) in [5.74, 6) is 0.327. The summed E-state index contributed by atoms with van der Waals surface area (Å²) in [7, 11) is 0. The van der Waals surface area contributed by atoms with E-state index in [1.165, 1.54) is 10.4 Å². The maximum Gasteiger partial charge on any atom is 0.254 e. The van der Waals surface area contributed by atoms with E-state index in [0.717, 1.165) is 49.1 Å². The van der Waals surface area contributed by atoms with Crippen molar-refractivity contribution in [2.24, 2.45) is 0 Å². The minimum absolute atomic E-state index is 0.0868. The van der Waals surface area contributed by atoms with Gasteiger partial charge in [0.2, 0.25) is 0 Å². The smallest absolute Gasteiger partial charge is 0.254 e. The second-order valence-electron chi connectivity index (χ2n) is 8.75. The van der Waals surface area contributed by atoms with Crippen LogP contribution >= 0.6 is 11.3 Å². The molecule has 1 saturated heterocycles. The van der Waals surface area contributed by atoms with Crippen LogP contribution in [0.2, 0.25) is 0 Å². The quantitative estimate of drug-likeness (QED) is 0.763. The van der Waals surface area contributed by atoms with Crippen molar-refractivity contribution >= 4 is 23.1 Å². The lowest BCUT2D eigenvalue weighted by Crippen LogP contribution is -2.55. The number of amides is 1. The van der Waals surface area contributed by atoms with E-state index in [4.69, 9.17) is 10.5 Å². The van der Waals surface area contributed by atoms with E-state index in [-0.39, 0.29) is 11.5 Å². The van der Waals surface area contributed by atoms with Crippen LogP contribution < -0.4 is 5.73 Å². The monoisotopic (exact) mass is 428 g/mol. The van der Waals surface area contributed by atoms with Crippen molar-refractivity contribution in [3.63, 3.8) is 0 Å². The van der Waals surface area contributed by atoms with Gasteiger partial charge in [0.05, 0.1) is 35.2 Å². The van der Waals surface area contributed by atoms with Crippen LogP contribution in [0.25, 0.3) is 10.6 Å². The fraction of sp³-hybridized carbons (Fsp3) is 0.591. The number of nitrogens with two attached hydrogens (primary N) is 1. The molecule has 0 unspecified atom stereocenters.